The normalized spacial score (nSPS) is 17.6. The Kier molecular flexibility index (Phi) is 6.11. The zero-order valence-electron chi connectivity index (χ0n) is 15.7. The van der Waals surface area contributed by atoms with E-state index in [1.165, 1.54) is 4.31 Å². The van der Waals surface area contributed by atoms with Gasteiger partial charge in [-0.05, 0) is 38.3 Å². The second kappa shape index (κ2) is 7.74. The molecule has 1 N–H and O–H groups in total. The average molecular weight is 368 g/mol. The molecule has 1 heterocycles. The van der Waals surface area contributed by atoms with Crippen LogP contribution < -0.4 is 5.32 Å². The highest BCUT2D eigenvalue weighted by Crippen LogP contribution is 2.22. The molecule has 1 aliphatic heterocycles. The van der Waals surface area contributed by atoms with E-state index in [1.54, 1.807) is 11.0 Å². The topological polar surface area (TPSA) is 69.7 Å². The van der Waals surface area contributed by atoms with Gasteiger partial charge in [-0.2, -0.15) is 4.31 Å². The van der Waals surface area contributed by atoms with E-state index in [9.17, 15) is 13.2 Å². The number of carbonyl (C=O) groups is 1. The fraction of sp³-hybridized carbons (Fsp3) is 0.611. The van der Waals surface area contributed by atoms with Gasteiger partial charge in [0, 0.05) is 32.2 Å². The van der Waals surface area contributed by atoms with E-state index in [1.807, 2.05) is 32.9 Å². The molecular weight excluding hydrogens is 338 g/mol. The molecule has 1 fully saturated rings. The van der Waals surface area contributed by atoms with Gasteiger partial charge in [0.2, 0.25) is 10.0 Å². The number of benzene rings is 1. The monoisotopic (exact) mass is 367 g/mol. The van der Waals surface area contributed by atoms with Gasteiger partial charge in [0.25, 0.3) is 0 Å². The van der Waals surface area contributed by atoms with Crippen molar-refractivity contribution in [3.63, 3.8) is 0 Å². The van der Waals surface area contributed by atoms with Crippen LogP contribution in [0, 0.1) is 19.8 Å². The maximum absolute atomic E-state index is 12.9. The minimum Gasteiger partial charge on any atom is -0.335 e. The second-order valence-corrected chi connectivity index (χ2v) is 9.05. The van der Waals surface area contributed by atoms with Crippen molar-refractivity contribution in [3.8, 4) is 0 Å². The Morgan fingerprint density at radius 1 is 1.08 bits per heavy atom. The number of piperazine rings is 1. The van der Waals surface area contributed by atoms with E-state index in [4.69, 9.17) is 0 Å². The molecule has 0 aliphatic carbocycles. The summed E-state index contributed by atoms with van der Waals surface area (Å²) in [5, 5.41) is 2.97. The van der Waals surface area contributed by atoms with Crippen LogP contribution in [-0.2, 0) is 10.0 Å². The molecule has 1 aromatic carbocycles. The van der Waals surface area contributed by atoms with E-state index in [-0.39, 0.29) is 12.1 Å². The van der Waals surface area contributed by atoms with Crippen molar-refractivity contribution in [1.82, 2.24) is 14.5 Å². The van der Waals surface area contributed by atoms with Crippen molar-refractivity contribution in [3.05, 3.63) is 29.3 Å². The first-order valence-corrected chi connectivity index (χ1v) is 10.2. The van der Waals surface area contributed by atoms with E-state index in [0.29, 0.717) is 37.0 Å². The zero-order chi connectivity index (χ0) is 18.8. The zero-order valence-corrected chi connectivity index (χ0v) is 16.6. The Balaban J connectivity index is 2.02. The van der Waals surface area contributed by atoms with Gasteiger partial charge in [0.15, 0.2) is 0 Å². The number of hydrogen-bond donors (Lipinski definition) is 1. The summed E-state index contributed by atoms with van der Waals surface area (Å²) in [5.74, 6) is 0.357. The van der Waals surface area contributed by atoms with Crippen molar-refractivity contribution in [1.29, 1.82) is 0 Å². The Bertz CT molecular complexity index is 723. The third kappa shape index (κ3) is 4.52. The Morgan fingerprint density at radius 3 is 2.20 bits per heavy atom. The molecule has 2 amide bonds. The molecule has 140 valence electrons. The van der Waals surface area contributed by atoms with Crippen LogP contribution in [0.3, 0.4) is 0 Å². The summed E-state index contributed by atoms with van der Waals surface area (Å²) < 4.78 is 27.2. The number of rotatable bonds is 4. The van der Waals surface area contributed by atoms with Gasteiger partial charge in [-0.15, -0.1) is 0 Å². The number of sulfonamides is 1. The summed E-state index contributed by atoms with van der Waals surface area (Å²) in [7, 11) is -3.52. The highest BCUT2D eigenvalue weighted by Gasteiger charge is 2.31. The number of amides is 2. The Labute approximate surface area is 151 Å². The van der Waals surface area contributed by atoms with Crippen LogP contribution in [0.15, 0.2) is 23.1 Å². The molecule has 0 spiro atoms. The minimum absolute atomic E-state index is 0.0875. The van der Waals surface area contributed by atoms with Gasteiger partial charge >= 0.3 is 6.03 Å². The lowest BCUT2D eigenvalue weighted by molar-refractivity contribution is 0.167. The van der Waals surface area contributed by atoms with Crippen LogP contribution >= 0.6 is 0 Å². The number of carbonyl (C=O) groups excluding carboxylic acids is 1. The summed E-state index contributed by atoms with van der Waals surface area (Å²) in [4.78, 5) is 14.3. The SMILES string of the molecule is Cc1ccc(S(=O)(=O)N2CCN(C(=O)NC(C)C(C)C)CC2)c(C)c1. The standard InChI is InChI=1S/C18H29N3O3S/c1-13(2)16(5)19-18(22)20-8-10-21(11-9-20)25(23,24)17-7-6-14(3)12-15(17)4/h6-7,12-13,16H,8-11H2,1-5H3,(H,19,22). The van der Waals surface area contributed by atoms with Crippen LogP contribution in [0.1, 0.15) is 31.9 Å². The van der Waals surface area contributed by atoms with Crippen LogP contribution in [0.25, 0.3) is 0 Å². The summed E-state index contributed by atoms with van der Waals surface area (Å²) in [6.45, 7) is 11.3. The predicted molar refractivity (Wildman–Crippen MR) is 99.1 cm³/mol. The molecule has 25 heavy (non-hydrogen) atoms. The maximum Gasteiger partial charge on any atom is 0.317 e. The molecular formula is C18H29N3O3S. The van der Waals surface area contributed by atoms with Gasteiger partial charge in [0.1, 0.15) is 0 Å². The number of hydrogen-bond acceptors (Lipinski definition) is 3. The molecule has 0 aromatic heterocycles. The molecule has 1 atom stereocenters. The smallest absolute Gasteiger partial charge is 0.317 e. The summed E-state index contributed by atoms with van der Waals surface area (Å²) in [5.41, 5.74) is 1.79. The predicted octanol–water partition coefficient (Wildman–Crippen LogP) is 2.36. The van der Waals surface area contributed by atoms with Crippen LogP contribution in [0.4, 0.5) is 4.79 Å². The molecule has 1 aliphatic rings. The Hall–Kier alpha value is -1.60. The molecule has 1 saturated heterocycles. The number of aryl methyl sites for hydroxylation is 2. The lowest BCUT2D eigenvalue weighted by atomic mass is 10.1. The van der Waals surface area contributed by atoms with Crippen molar-refractivity contribution < 1.29 is 13.2 Å². The molecule has 2 rings (SSSR count). The minimum atomic E-state index is -3.52. The summed E-state index contributed by atoms with van der Waals surface area (Å²) in [6.07, 6.45) is 0. The van der Waals surface area contributed by atoms with Crippen LogP contribution in [-0.4, -0.2) is 55.9 Å². The lowest BCUT2D eigenvalue weighted by Crippen LogP contribution is -2.54. The van der Waals surface area contributed by atoms with Crippen LogP contribution in [0.5, 0.6) is 0 Å². The fourth-order valence-electron chi connectivity index (χ4n) is 2.81. The first-order chi connectivity index (χ1) is 11.6. The van der Waals surface area contributed by atoms with E-state index < -0.39 is 10.0 Å². The third-order valence-corrected chi connectivity index (χ3v) is 6.88. The number of urea groups is 1. The van der Waals surface area contributed by atoms with Crippen molar-refractivity contribution in [2.75, 3.05) is 26.2 Å². The molecule has 0 radical (unpaired) electrons. The first kappa shape index (κ1) is 19.7. The van der Waals surface area contributed by atoms with Gasteiger partial charge < -0.3 is 10.2 Å². The Morgan fingerprint density at radius 2 is 1.68 bits per heavy atom. The van der Waals surface area contributed by atoms with Gasteiger partial charge in [-0.1, -0.05) is 31.5 Å². The quantitative estimate of drug-likeness (QED) is 0.888. The molecule has 6 nitrogen and oxygen atoms in total. The third-order valence-electron chi connectivity index (χ3n) is 4.83. The second-order valence-electron chi connectivity index (χ2n) is 7.14. The van der Waals surface area contributed by atoms with Gasteiger partial charge in [0.05, 0.1) is 4.90 Å². The molecule has 0 bridgehead atoms. The number of nitrogens with one attached hydrogen (secondary N) is 1. The van der Waals surface area contributed by atoms with Crippen molar-refractivity contribution in [2.45, 2.75) is 45.6 Å². The molecule has 0 saturated carbocycles. The average Bonchev–Trinajstić information content (AvgIpc) is 2.54. The number of nitrogens with zero attached hydrogens (tertiary/aromatic N) is 2. The van der Waals surface area contributed by atoms with Crippen LogP contribution in [0.2, 0.25) is 0 Å². The van der Waals surface area contributed by atoms with E-state index in [0.717, 1.165) is 11.1 Å². The maximum atomic E-state index is 12.9. The molecule has 1 unspecified atom stereocenters. The van der Waals surface area contributed by atoms with Crippen molar-refractivity contribution in [2.24, 2.45) is 5.92 Å². The molecule has 1 aromatic rings. The van der Waals surface area contributed by atoms with Gasteiger partial charge in [-0.25, -0.2) is 13.2 Å². The summed E-state index contributed by atoms with van der Waals surface area (Å²) in [6, 6.07) is 5.33. The lowest BCUT2D eigenvalue weighted by Gasteiger charge is -2.35. The van der Waals surface area contributed by atoms with Gasteiger partial charge in [-0.3, -0.25) is 0 Å². The fourth-order valence-corrected chi connectivity index (χ4v) is 4.44. The van der Waals surface area contributed by atoms with E-state index >= 15 is 0 Å². The van der Waals surface area contributed by atoms with Crippen molar-refractivity contribution >= 4 is 16.1 Å². The summed E-state index contributed by atoms with van der Waals surface area (Å²) >= 11 is 0. The first-order valence-electron chi connectivity index (χ1n) is 8.75. The van der Waals surface area contributed by atoms with E-state index in [2.05, 4.69) is 19.2 Å². The highest BCUT2D eigenvalue weighted by molar-refractivity contribution is 7.89. The highest BCUT2D eigenvalue weighted by atomic mass is 32.2. The molecule has 7 heteroatoms. The largest absolute Gasteiger partial charge is 0.335 e.